The fourth-order valence-corrected chi connectivity index (χ4v) is 5.78. The van der Waals surface area contributed by atoms with Gasteiger partial charge in [0, 0.05) is 33.2 Å². The van der Waals surface area contributed by atoms with E-state index in [1.807, 2.05) is 36.4 Å². The van der Waals surface area contributed by atoms with Crippen molar-refractivity contribution in [2.75, 3.05) is 55.9 Å². The Hall–Kier alpha value is -2.69. The van der Waals surface area contributed by atoms with Gasteiger partial charge in [0.15, 0.2) is 0 Å². The van der Waals surface area contributed by atoms with Gasteiger partial charge < -0.3 is 20.1 Å². The normalized spacial score (nSPS) is 23.2. The van der Waals surface area contributed by atoms with E-state index in [1.165, 1.54) is 24.0 Å². The number of aromatic nitrogens is 1. The number of rotatable bonds is 12. The molecule has 10 heteroatoms. The molecule has 4 atom stereocenters. The molecule has 0 unspecified atom stereocenters. The van der Waals surface area contributed by atoms with Crippen molar-refractivity contribution in [1.82, 2.24) is 10.3 Å². The van der Waals surface area contributed by atoms with Gasteiger partial charge in [0.2, 0.25) is 10.0 Å². The first kappa shape index (κ1) is 28.3. The summed E-state index contributed by atoms with van der Waals surface area (Å²) in [6.07, 6.45) is 4.60. The molecule has 0 amide bonds. The molecule has 1 aliphatic heterocycles. The van der Waals surface area contributed by atoms with Gasteiger partial charge in [-0.1, -0.05) is 31.2 Å². The first-order valence-corrected chi connectivity index (χ1v) is 15.2. The maximum absolute atomic E-state index is 12.4. The summed E-state index contributed by atoms with van der Waals surface area (Å²) >= 11 is 0. The number of ether oxygens (including phenoxy) is 1. The molecule has 1 aliphatic carbocycles. The molecule has 4 rings (SSSR count). The van der Waals surface area contributed by atoms with Gasteiger partial charge in [-0.3, -0.25) is 9.10 Å². The Kier molecular flexibility index (Phi) is 8.95. The maximum Gasteiger partial charge on any atom is 0.321 e. The Morgan fingerprint density at radius 1 is 1.24 bits per heavy atom. The minimum Gasteiger partial charge on any atom is -0.480 e. The van der Waals surface area contributed by atoms with Gasteiger partial charge >= 0.3 is 5.97 Å². The minimum absolute atomic E-state index is 0.133. The van der Waals surface area contributed by atoms with E-state index in [-0.39, 0.29) is 5.92 Å². The van der Waals surface area contributed by atoms with Crippen LogP contribution in [0.5, 0.6) is 0 Å². The lowest BCUT2D eigenvalue weighted by Crippen LogP contribution is -2.45. The number of benzene rings is 1. The van der Waals surface area contributed by atoms with Gasteiger partial charge in [-0.15, -0.1) is 0 Å². The summed E-state index contributed by atoms with van der Waals surface area (Å²) in [5.74, 6) is 1.37. The van der Waals surface area contributed by atoms with Crippen molar-refractivity contribution in [3.05, 3.63) is 53.1 Å². The zero-order chi connectivity index (χ0) is 27.4. The molecule has 1 aromatic carbocycles. The summed E-state index contributed by atoms with van der Waals surface area (Å²) < 4.78 is 31.4. The fourth-order valence-electron chi connectivity index (χ4n) is 5.35. The van der Waals surface area contributed by atoms with Gasteiger partial charge in [-0.05, 0) is 72.9 Å². The quantitative estimate of drug-likeness (QED) is 0.419. The van der Waals surface area contributed by atoms with E-state index in [2.05, 4.69) is 17.1 Å². The minimum atomic E-state index is -3.51. The molecular formula is C28H40N4O5S. The molecule has 0 spiro atoms. The van der Waals surface area contributed by atoms with Gasteiger partial charge in [0.05, 0.1) is 12.9 Å². The predicted molar refractivity (Wildman–Crippen MR) is 149 cm³/mol. The number of methoxy groups -OCH3 is 1. The second kappa shape index (κ2) is 12.0. The van der Waals surface area contributed by atoms with Crippen LogP contribution in [0.15, 0.2) is 36.4 Å². The second-order valence-electron chi connectivity index (χ2n) is 10.7. The molecule has 38 heavy (non-hydrogen) atoms. The van der Waals surface area contributed by atoms with Crippen LogP contribution in [0.1, 0.15) is 48.8 Å². The second-order valence-corrected chi connectivity index (χ2v) is 12.7. The van der Waals surface area contributed by atoms with Crippen molar-refractivity contribution >= 4 is 27.6 Å². The largest absolute Gasteiger partial charge is 0.480 e. The van der Waals surface area contributed by atoms with Gasteiger partial charge in [-0.25, -0.2) is 13.4 Å². The number of piperidine rings is 1. The Morgan fingerprint density at radius 3 is 2.61 bits per heavy atom. The Labute approximate surface area is 226 Å². The number of carboxylic acid groups (broad SMARTS) is 1. The Morgan fingerprint density at radius 2 is 1.95 bits per heavy atom. The maximum atomic E-state index is 12.4. The van der Waals surface area contributed by atoms with Crippen LogP contribution in [0.4, 0.5) is 11.6 Å². The first-order chi connectivity index (χ1) is 18.1. The highest BCUT2D eigenvalue weighted by Gasteiger charge is 2.35. The monoisotopic (exact) mass is 544 g/mol. The van der Waals surface area contributed by atoms with Gasteiger partial charge in [0.1, 0.15) is 17.7 Å². The van der Waals surface area contributed by atoms with Crippen LogP contribution in [0, 0.1) is 11.8 Å². The number of anilines is 2. The summed E-state index contributed by atoms with van der Waals surface area (Å²) in [4.78, 5) is 19.0. The molecule has 1 saturated carbocycles. The Bertz CT molecular complexity index is 1240. The number of aliphatic carboxylic acids is 1. The van der Waals surface area contributed by atoms with Crippen LogP contribution in [-0.4, -0.2) is 77.2 Å². The molecule has 1 saturated heterocycles. The highest BCUT2D eigenvalue weighted by atomic mass is 32.2. The van der Waals surface area contributed by atoms with Crippen molar-refractivity contribution < 1.29 is 23.1 Å². The number of carboxylic acids is 1. The van der Waals surface area contributed by atoms with E-state index in [1.54, 1.807) is 7.11 Å². The number of carbonyl (C=O) groups is 1. The summed E-state index contributed by atoms with van der Waals surface area (Å²) in [5.41, 5.74) is 2.98. The van der Waals surface area contributed by atoms with Crippen LogP contribution in [0.25, 0.3) is 0 Å². The summed E-state index contributed by atoms with van der Waals surface area (Å²) in [6.45, 7) is 4.98. The smallest absolute Gasteiger partial charge is 0.321 e. The average Bonchev–Trinajstić information content (AvgIpc) is 3.59. The third-order valence-corrected chi connectivity index (χ3v) is 9.05. The molecule has 2 heterocycles. The molecule has 0 bridgehead atoms. The standard InChI is InChI=1S/C28H40N4O5S/c1-19-14-22(19)18-32(12-13-37-3)26-17-20(16-25(30-26)31(2)38(4,35)36)15-21-8-5-6-9-23(21)24-10-7-11-29-27(24)28(33)34/h5-6,8-9,16-17,19,22,24,27,29H,7,10-15,18H2,1-4H3,(H,33,34)/t19-,22+,24-,27-/m0/s1. The fraction of sp³-hybridized carbons (Fsp3) is 0.571. The van der Waals surface area contributed by atoms with E-state index in [9.17, 15) is 18.3 Å². The van der Waals surface area contributed by atoms with Crippen molar-refractivity contribution in [3.8, 4) is 0 Å². The zero-order valence-electron chi connectivity index (χ0n) is 22.8. The van der Waals surface area contributed by atoms with Crippen LogP contribution in [-0.2, 0) is 26.0 Å². The average molecular weight is 545 g/mol. The predicted octanol–water partition coefficient (Wildman–Crippen LogP) is 3.10. The lowest BCUT2D eigenvalue weighted by molar-refractivity contribution is -0.140. The highest BCUT2D eigenvalue weighted by molar-refractivity contribution is 7.92. The lowest BCUT2D eigenvalue weighted by atomic mass is 9.81. The van der Waals surface area contributed by atoms with Crippen molar-refractivity contribution in [3.63, 3.8) is 0 Å². The number of hydrogen-bond donors (Lipinski definition) is 2. The number of nitrogens with one attached hydrogen (secondary N) is 1. The van der Waals surface area contributed by atoms with Crippen LogP contribution in [0.3, 0.4) is 0 Å². The number of pyridine rings is 1. The van der Waals surface area contributed by atoms with E-state index in [4.69, 9.17) is 9.72 Å². The molecule has 2 aliphatic rings. The molecule has 0 radical (unpaired) electrons. The number of hydrogen-bond acceptors (Lipinski definition) is 7. The third-order valence-electron chi connectivity index (χ3n) is 7.87. The van der Waals surface area contributed by atoms with E-state index < -0.39 is 22.0 Å². The summed E-state index contributed by atoms with van der Waals surface area (Å²) in [7, 11) is -0.319. The molecular weight excluding hydrogens is 504 g/mol. The summed E-state index contributed by atoms with van der Waals surface area (Å²) in [5, 5.41) is 13.0. The Balaban J connectivity index is 1.72. The van der Waals surface area contributed by atoms with Gasteiger partial charge in [-0.2, -0.15) is 0 Å². The molecule has 9 nitrogen and oxygen atoms in total. The lowest BCUT2D eigenvalue weighted by Gasteiger charge is -2.31. The van der Waals surface area contributed by atoms with Crippen LogP contribution in [0.2, 0.25) is 0 Å². The summed E-state index contributed by atoms with van der Waals surface area (Å²) in [6, 6.07) is 11.2. The molecule has 1 aromatic heterocycles. The van der Waals surface area contributed by atoms with Gasteiger partial charge in [0.25, 0.3) is 0 Å². The van der Waals surface area contributed by atoms with Crippen LogP contribution < -0.4 is 14.5 Å². The number of sulfonamides is 1. The first-order valence-electron chi connectivity index (χ1n) is 13.3. The van der Waals surface area contributed by atoms with E-state index >= 15 is 0 Å². The molecule has 208 valence electrons. The van der Waals surface area contributed by atoms with Crippen molar-refractivity contribution in [2.24, 2.45) is 11.8 Å². The third kappa shape index (κ3) is 6.84. The number of nitrogens with zero attached hydrogens (tertiary/aromatic N) is 3. The van der Waals surface area contributed by atoms with Crippen molar-refractivity contribution in [1.29, 1.82) is 0 Å². The molecule has 2 N–H and O–H groups in total. The SMILES string of the molecule is COCCN(C[C@H]1C[C@@H]1C)c1cc(Cc2ccccc2[C@@H]2CCCN[C@@H]2C(=O)O)cc(N(C)S(C)(=O)=O)n1. The van der Waals surface area contributed by atoms with Crippen LogP contribution >= 0.6 is 0 Å². The molecule has 2 fully saturated rings. The van der Waals surface area contributed by atoms with Crippen molar-refractivity contribution in [2.45, 2.75) is 44.6 Å². The van der Waals surface area contributed by atoms with E-state index in [0.29, 0.717) is 43.8 Å². The zero-order valence-corrected chi connectivity index (χ0v) is 23.6. The topological polar surface area (TPSA) is 112 Å². The molecule has 2 aromatic rings. The highest BCUT2D eigenvalue weighted by Crippen LogP contribution is 2.39. The van der Waals surface area contributed by atoms with E-state index in [0.717, 1.165) is 41.9 Å².